The number of hydrogen-bond acceptors (Lipinski definition) is 0. The predicted molar refractivity (Wildman–Crippen MR) is 141 cm³/mol. The third kappa shape index (κ3) is 2.66. The van der Waals surface area contributed by atoms with Gasteiger partial charge in [0.2, 0.25) is 0 Å². The van der Waals surface area contributed by atoms with Crippen LogP contribution in [0.3, 0.4) is 0 Å². The summed E-state index contributed by atoms with van der Waals surface area (Å²) in [5.41, 5.74) is 3.85. The van der Waals surface area contributed by atoms with Gasteiger partial charge in [-0.25, -0.2) is 0 Å². The molecule has 0 spiro atoms. The van der Waals surface area contributed by atoms with Crippen molar-refractivity contribution in [2.75, 3.05) is 0 Å². The van der Waals surface area contributed by atoms with Crippen LogP contribution in [0.2, 0.25) is 0 Å². The molecule has 0 amide bonds. The van der Waals surface area contributed by atoms with Crippen molar-refractivity contribution in [2.24, 2.45) is 0 Å². The molecule has 0 aromatic heterocycles. The summed E-state index contributed by atoms with van der Waals surface area (Å²) in [6.07, 6.45) is 7.10. The van der Waals surface area contributed by atoms with Gasteiger partial charge in [-0.15, -0.1) is 0 Å². The first-order valence-corrected chi connectivity index (χ1v) is 12.7. The maximum absolute atomic E-state index is 2.44. The summed E-state index contributed by atoms with van der Waals surface area (Å²) in [5.74, 6) is 0. The summed E-state index contributed by atoms with van der Waals surface area (Å²) in [6.45, 7) is 0. The van der Waals surface area contributed by atoms with Gasteiger partial charge < -0.3 is 0 Å². The topological polar surface area (TPSA) is 0 Å². The van der Waals surface area contributed by atoms with Gasteiger partial charge in [0.25, 0.3) is 0 Å². The normalized spacial score (nSPS) is 18.7. The van der Waals surface area contributed by atoms with Crippen molar-refractivity contribution in [2.45, 2.75) is 5.41 Å². The molecular weight excluding hydrogens is 412 g/mol. The fourth-order valence-electron chi connectivity index (χ4n) is 5.82. The maximum Gasteiger partial charge on any atom is 0.0649 e. The first kappa shape index (κ1) is 18.7. The fourth-order valence-corrected chi connectivity index (χ4v) is 7.49. The monoisotopic (exact) mass is 434 g/mol. The van der Waals surface area contributed by atoms with Crippen LogP contribution in [0.1, 0.15) is 11.1 Å². The highest BCUT2D eigenvalue weighted by atomic mass is 28.2. The molecule has 0 bridgehead atoms. The molecule has 0 fully saturated rings. The maximum atomic E-state index is 2.44. The molecule has 33 heavy (non-hydrogen) atoms. The Kier molecular flexibility index (Phi) is 4.03. The summed E-state index contributed by atoms with van der Waals surface area (Å²) in [4.78, 5) is 1.51. The molecular formula is C32H22Si. The second kappa shape index (κ2) is 7.10. The molecule has 2 aliphatic rings. The molecule has 0 nitrogen and oxygen atoms in total. The Bertz CT molecular complexity index is 1760. The minimum atomic E-state index is -0.325. The summed E-state index contributed by atoms with van der Waals surface area (Å²) in [7, 11) is 0.0984. The Morgan fingerprint density at radius 3 is 2.30 bits per heavy atom. The number of benzene rings is 5. The zero-order chi connectivity index (χ0) is 21.8. The van der Waals surface area contributed by atoms with E-state index in [1.807, 2.05) is 0 Å². The van der Waals surface area contributed by atoms with Crippen molar-refractivity contribution < 1.29 is 0 Å². The lowest BCUT2D eigenvalue weighted by atomic mass is 9.65. The molecule has 0 radical (unpaired) electrons. The van der Waals surface area contributed by atoms with Crippen molar-refractivity contribution in [3.63, 3.8) is 0 Å². The van der Waals surface area contributed by atoms with Crippen LogP contribution < -0.4 is 5.22 Å². The van der Waals surface area contributed by atoms with Crippen LogP contribution in [0.25, 0.3) is 27.1 Å². The van der Waals surface area contributed by atoms with Gasteiger partial charge >= 0.3 is 0 Å². The molecule has 5 aromatic carbocycles. The van der Waals surface area contributed by atoms with E-state index in [1.165, 1.54) is 53.5 Å². The molecule has 1 unspecified atom stereocenters. The van der Waals surface area contributed by atoms with Gasteiger partial charge in [0.05, 0.1) is 5.41 Å². The van der Waals surface area contributed by atoms with Gasteiger partial charge in [-0.3, -0.25) is 0 Å². The molecule has 1 aliphatic carbocycles. The quantitative estimate of drug-likeness (QED) is 0.287. The van der Waals surface area contributed by atoms with Crippen molar-refractivity contribution in [1.82, 2.24) is 0 Å². The van der Waals surface area contributed by atoms with E-state index in [9.17, 15) is 0 Å². The Labute approximate surface area is 195 Å². The lowest BCUT2D eigenvalue weighted by Gasteiger charge is -2.38. The third-order valence-electron chi connectivity index (χ3n) is 7.27. The minimum Gasteiger partial charge on any atom is -0.0652 e. The zero-order valence-electron chi connectivity index (χ0n) is 18.2. The minimum absolute atomic E-state index is 0.0984. The average molecular weight is 435 g/mol. The zero-order valence-corrected chi connectivity index (χ0v) is 19.4. The van der Waals surface area contributed by atoms with Gasteiger partial charge in [-0.05, 0) is 59.5 Å². The van der Waals surface area contributed by atoms with Crippen molar-refractivity contribution in [3.8, 4) is 0 Å². The highest BCUT2D eigenvalue weighted by Crippen LogP contribution is 2.49. The number of fused-ring (bicyclic) bond motifs is 4. The smallest absolute Gasteiger partial charge is 0.0649 e. The van der Waals surface area contributed by atoms with Crippen LogP contribution >= 0.6 is 0 Å². The second-order valence-corrected chi connectivity index (χ2v) is 10.5. The van der Waals surface area contributed by atoms with Crippen LogP contribution in [0.4, 0.5) is 0 Å². The lowest BCUT2D eigenvalue weighted by molar-refractivity contribution is 0.842. The van der Waals surface area contributed by atoms with E-state index in [-0.39, 0.29) is 14.5 Å². The molecule has 1 heterocycles. The molecule has 7 rings (SSSR count). The summed E-state index contributed by atoms with van der Waals surface area (Å²) >= 11 is 0. The molecule has 0 saturated carbocycles. The average Bonchev–Trinajstić information content (AvgIpc) is 3.27. The van der Waals surface area contributed by atoms with Crippen LogP contribution in [0.15, 0.2) is 133 Å². The van der Waals surface area contributed by atoms with E-state index < -0.39 is 0 Å². The van der Waals surface area contributed by atoms with E-state index in [0.717, 1.165) is 0 Å². The van der Waals surface area contributed by atoms with Gasteiger partial charge in [-0.1, -0.05) is 121 Å². The summed E-state index contributed by atoms with van der Waals surface area (Å²) < 4.78 is 0. The molecule has 0 saturated heterocycles. The predicted octanol–water partition coefficient (Wildman–Crippen LogP) is 6.28. The first-order chi connectivity index (χ1) is 16.3. The first-order valence-electron chi connectivity index (χ1n) is 11.5. The Morgan fingerprint density at radius 2 is 1.36 bits per heavy atom. The standard InChI is InChI=1S/C32H22Si/c1-2-11-24-21-25(19-18-22(24)9-1)32(28-15-7-12-23-10-3-4-13-26(23)28)20-8-17-30-31(32)27-14-5-6-16-29(27)33-30/h1-21,33H. The summed E-state index contributed by atoms with van der Waals surface area (Å²) in [5, 5.41) is 8.12. The molecule has 5 aromatic rings. The van der Waals surface area contributed by atoms with E-state index in [1.54, 1.807) is 0 Å². The fraction of sp³-hybridized carbons (Fsp3) is 0.0312. The molecule has 1 heteroatoms. The van der Waals surface area contributed by atoms with Crippen molar-refractivity contribution in [1.29, 1.82) is 0 Å². The van der Waals surface area contributed by atoms with Crippen molar-refractivity contribution in [3.05, 3.63) is 154 Å². The third-order valence-corrected chi connectivity index (χ3v) is 8.87. The van der Waals surface area contributed by atoms with Gasteiger partial charge in [0.15, 0.2) is 0 Å². The van der Waals surface area contributed by atoms with E-state index in [4.69, 9.17) is 0 Å². The molecule has 1 aliphatic heterocycles. The number of rotatable bonds is 2. The lowest BCUT2D eigenvalue weighted by Crippen LogP contribution is -2.33. The molecule has 0 N–H and O–H groups in total. The number of allylic oxidation sites excluding steroid dienone is 4. The van der Waals surface area contributed by atoms with Gasteiger partial charge in [-0.2, -0.15) is 0 Å². The van der Waals surface area contributed by atoms with E-state index >= 15 is 0 Å². The van der Waals surface area contributed by atoms with E-state index in [2.05, 4.69) is 127 Å². The SMILES string of the molecule is C1=CC(c2ccc3ccccc3c2)(c2cccc3ccccc23)C2=c3ccccc3=[SiH]C2=C1. The number of hydrogen-bond donors (Lipinski definition) is 0. The van der Waals surface area contributed by atoms with Crippen LogP contribution in [-0.4, -0.2) is 9.13 Å². The van der Waals surface area contributed by atoms with Crippen LogP contribution in [0.5, 0.6) is 0 Å². The van der Waals surface area contributed by atoms with Crippen molar-refractivity contribution >= 4 is 36.2 Å². The van der Waals surface area contributed by atoms with Crippen LogP contribution in [-0.2, 0) is 5.41 Å². The Balaban J connectivity index is 1.68. The second-order valence-electron chi connectivity index (χ2n) is 8.98. The Morgan fingerprint density at radius 1 is 0.606 bits per heavy atom. The Hall–Kier alpha value is -3.81. The largest absolute Gasteiger partial charge is 0.0652 e. The van der Waals surface area contributed by atoms with E-state index in [0.29, 0.717) is 0 Å². The highest BCUT2D eigenvalue weighted by Gasteiger charge is 2.41. The van der Waals surface area contributed by atoms with Gasteiger partial charge in [0.1, 0.15) is 0 Å². The van der Waals surface area contributed by atoms with Crippen LogP contribution in [0, 0.1) is 4.81 Å². The molecule has 1 atom stereocenters. The van der Waals surface area contributed by atoms with Gasteiger partial charge in [0, 0.05) is 9.13 Å². The highest BCUT2D eigenvalue weighted by molar-refractivity contribution is 6.45. The molecule has 154 valence electrons. The summed E-state index contributed by atoms with van der Waals surface area (Å²) in [6, 6.07) is 40.4.